The van der Waals surface area contributed by atoms with Crippen LogP contribution >= 0.6 is 11.6 Å². The number of para-hydroxylation sites is 1. The molecule has 0 bridgehead atoms. The van der Waals surface area contributed by atoms with Crippen molar-refractivity contribution >= 4 is 29.2 Å². The van der Waals surface area contributed by atoms with Crippen LogP contribution in [0.2, 0.25) is 5.02 Å². The minimum absolute atomic E-state index is 0.0512. The van der Waals surface area contributed by atoms with Crippen molar-refractivity contribution < 1.29 is 14.4 Å². The largest absolute Gasteiger partial charge is 0.297 e. The summed E-state index contributed by atoms with van der Waals surface area (Å²) < 4.78 is 1.74. The number of imidazole rings is 1. The van der Waals surface area contributed by atoms with Crippen LogP contribution in [0.1, 0.15) is 48.2 Å². The zero-order valence-electron chi connectivity index (χ0n) is 17.7. The Balaban J connectivity index is 1.59. The van der Waals surface area contributed by atoms with E-state index in [9.17, 15) is 14.4 Å². The summed E-state index contributed by atoms with van der Waals surface area (Å²) in [5, 5.41) is 0.362. The Morgan fingerprint density at radius 2 is 1.52 bits per heavy atom. The van der Waals surface area contributed by atoms with Gasteiger partial charge in [0.2, 0.25) is 0 Å². The number of nitrogens with zero attached hydrogens (tertiary/aromatic N) is 3. The van der Waals surface area contributed by atoms with E-state index in [4.69, 9.17) is 11.6 Å². The quantitative estimate of drug-likeness (QED) is 0.318. The molecule has 0 atom stereocenters. The van der Waals surface area contributed by atoms with Crippen LogP contribution in [-0.4, -0.2) is 32.0 Å². The number of hydrogen-bond acceptors (Lipinski definition) is 4. The molecule has 2 amide bonds. The second-order valence-corrected chi connectivity index (χ2v) is 8.13. The summed E-state index contributed by atoms with van der Waals surface area (Å²) in [6.45, 7) is 1.78. The first-order valence-electron chi connectivity index (χ1n) is 10.3. The van der Waals surface area contributed by atoms with E-state index in [0.29, 0.717) is 38.8 Å². The number of hydrogen-bond donors (Lipinski definition) is 0. The van der Waals surface area contributed by atoms with E-state index < -0.39 is 0 Å². The fourth-order valence-electron chi connectivity index (χ4n) is 4.10. The summed E-state index contributed by atoms with van der Waals surface area (Å²) in [5.74, 6) is -0.504. The van der Waals surface area contributed by atoms with Gasteiger partial charge in [0.1, 0.15) is 5.82 Å². The Morgan fingerprint density at radius 3 is 2.18 bits per heavy atom. The molecular weight excluding hydrogens is 438 g/mol. The number of aromatic nitrogens is 2. The zero-order valence-corrected chi connectivity index (χ0v) is 18.4. The molecule has 3 aromatic carbocycles. The second kappa shape index (κ2) is 8.15. The van der Waals surface area contributed by atoms with Gasteiger partial charge in [0, 0.05) is 23.0 Å². The molecule has 0 aliphatic carbocycles. The fourth-order valence-corrected chi connectivity index (χ4v) is 4.36. The summed E-state index contributed by atoms with van der Waals surface area (Å²) in [4.78, 5) is 44.7. The standard InChI is InChI=1S/C26H18ClN3O3/c1-16-14-28-22(15-29-25(32)18-10-5-6-11-19(18)26(29)33)30(16)23-20(12-7-13-21(23)27)24(31)17-8-3-2-4-9-17/h2-14H,15H2,1H3. The lowest BCUT2D eigenvalue weighted by molar-refractivity contribution is 0.0637. The number of halogens is 1. The average molecular weight is 456 g/mol. The second-order valence-electron chi connectivity index (χ2n) is 7.72. The van der Waals surface area contributed by atoms with Crippen LogP contribution in [0.5, 0.6) is 0 Å². The first kappa shape index (κ1) is 20.8. The molecule has 5 rings (SSSR count). The summed E-state index contributed by atoms with van der Waals surface area (Å²) in [7, 11) is 0. The van der Waals surface area contributed by atoms with Crippen molar-refractivity contribution in [2.24, 2.45) is 0 Å². The highest BCUT2D eigenvalue weighted by atomic mass is 35.5. The summed E-state index contributed by atoms with van der Waals surface area (Å²) >= 11 is 6.59. The van der Waals surface area contributed by atoms with Gasteiger partial charge in [0.05, 0.1) is 28.4 Å². The van der Waals surface area contributed by atoms with Crippen molar-refractivity contribution in [1.82, 2.24) is 14.5 Å². The van der Waals surface area contributed by atoms with Gasteiger partial charge >= 0.3 is 0 Å². The van der Waals surface area contributed by atoms with Crippen LogP contribution in [0.4, 0.5) is 0 Å². The first-order valence-corrected chi connectivity index (χ1v) is 10.7. The van der Waals surface area contributed by atoms with Crippen LogP contribution in [0.3, 0.4) is 0 Å². The van der Waals surface area contributed by atoms with Crippen molar-refractivity contribution in [2.75, 3.05) is 0 Å². The molecule has 1 aromatic heterocycles. The predicted molar refractivity (Wildman–Crippen MR) is 124 cm³/mol. The summed E-state index contributed by atoms with van der Waals surface area (Å²) in [5.41, 5.74) is 2.86. The van der Waals surface area contributed by atoms with Crippen molar-refractivity contribution in [1.29, 1.82) is 0 Å². The molecule has 4 aromatic rings. The summed E-state index contributed by atoms with van der Waals surface area (Å²) in [6, 6.07) is 20.8. The number of fused-ring (bicyclic) bond motifs is 1. The Kier molecular flexibility index (Phi) is 5.15. The number of carbonyl (C=O) groups is 3. The molecule has 162 valence electrons. The fraction of sp³-hybridized carbons (Fsp3) is 0.0769. The highest BCUT2D eigenvalue weighted by Gasteiger charge is 2.36. The highest BCUT2D eigenvalue weighted by molar-refractivity contribution is 6.33. The normalized spacial score (nSPS) is 12.8. The Hall–Kier alpha value is -4.03. The maximum Gasteiger partial charge on any atom is 0.261 e. The van der Waals surface area contributed by atoms with Gasteiger partial charge in [-0.2, -0.15) is 0 Å². The molecule has 0 fully saturated rings. The number of benzene rings is 3. The monoisotopic (exact) mass is 455 g/mol. The lowest BCUT2D eigenvalue weighted by atomic mass is 10.0. The van der Waals surface area contributed by atoms with E-state index in [2.05, 4.69) is 4.98 Å². The topological polar surface area (TPSA) is 72.3 Å². The van der Waals surface area contributed by atoms with Gasteiger partial charge in [-0.1, -0.05) is 60.1 Å². The lowest BCUT2D eigenvalue weighted by Crippen LogP contribution is -2.30. The van der Waals surface area contributed by atoms with E-state index in [1.54, 1.807) is 77.5 Å². The molecule has 0 unspecified atom stereocenters. The maximum atomic E-state index is 13.3. The number of rotatable bonds is 5. The third kappa shape index (κ3) is 3.45. The van der Waals surface area contributed by atoms with Crippen molar-refractivity contribution in [3.05, 3.63) is 118 Å². The van der Waals surface area contributed by atoms with Gasteiger partial charge in [-0.3, -0.25) is 23.9 Å². The van der Waals surface area contributed by atoms with Gasteiger partial charge in [0.25, 0.3) is 11.8 Å². The molecule has 0 saturated heterocycles. The molecule has 0 radical (unpaired) electrons. The van der Waals surface area contributed by atoms with Gasteiger partial charge < -0.3 is 0 Å². The molecule has 0 N–H and O–H groups in total. The van der Waals surface area contributed by atoms with E-state index in [-0.39, 0.29) is 24.1 Å². The van der Waals surface area contributed by atoms with Gasteiger partial charge in [-0.25, -0.2) is 4.98 Å². The van der Waals surface area contributed by atoms with E-state index in [0.717, 1.165) is 5.69 Å². The summed E-state index contributed by atoms with van der Waals surface area (Å²) in [6.07, 6.45) is 1.63. The minimum Gasteiger partial charge on any atom is -0.297 e. The number of carbonyl (C=O) groups excluding carboxylic acids is 3. The third-order valence-corrected chi connectivity index (χ3v) is 5.98. The van der Waals surface area contributed by atoms with Gasteiger partial charge in [0.15, 0.2) is 5.78 Å². The van der Waals surface area contributed by atoms with E-state index >= 15 is 0 Å². The number of aryl methyl sites for hydroxylation is 1. The molecule has 7 heteroatoms. The van der Waals surface area contributed by atoms with Crippen LogP contribution in [0.25, 0.3) is 5.69 Å². The van der Waals surface area contributed by atoms with Crippen LogP contribution in [0.15, 0.2) is 79.0 Å². The van der Waals surface area contributed by atoms with Crippen molar-refractivity contribution in [3.63, 3.8) is 0 Å². The van der Waals surface area contributed by atoms with Crippen LogP contribution < -0.4 is 0 Å². The molecule has 6 nitrogen and oxygen atoms in total. The molecule has 0 saturated carbocycles. The minimum atomic E-state index is -0.373. The number of imide groups is 1. The Bertz CT molecular complexity index is 1390. The third-order valence-electron chi connectivity index (χ3n) is 5.68. The molecule has 33 heavy (non-hydrogen) atoms. The maximum absolute atomic E-state index is 13.3. The highest BCUT2D eigenvalue weighted by Crippen LogP contribution is 2.31. The molecule has 0 spiro atoms. The van der Waals surface area contributed by atoms with Crippen LogP contribution in [-0.2, 0) is 6.54 Å². The Labute approximate surface area is 195 Å². The van der Waals surface area contributed by atoms with Gasteiger partial charge in [-0.15, -0.1) is 0 Å². The smallest absolute Gasteiger partial charge is 0.261 e. The molecule has 1 aliphatic rings. The average Bonchev–Trinajstić information content (AvgIpc) is 3.31. The van der Waals surface area contributed by atoms with Crippen molar-refractivity contribution in [2.45, 2.75) is 13.5 Å². The van der Waals surface area contributed by atoms with Crippen LogP contribution in [0, 0.1) is 6.92 Å². The van der Waals surface area contributed by atoms with E-state index in [1.807, 2.05) is 13.0 Å². The van der Waals surface area contributed by atoms with Crippen molar-refractivity contribution in [3.8, 4) is 5.69 Å². The van der Waals surface area contributed by atoms with Gasteiger partial charge in [-0.05, 0) is 31.2 Å². The Morgan fingerprint density at radius 1 is 0.879 bits per heavy atom. The molecule has 1 aliphatic heterocycles. The zero-order chi connectivity index (χ0) is 23.1. The molecule has 2 heterocycles. The SMILES string of the molecule is Cc1cnc(CN2C(=O)c3ccccc3C2=O)n1-c1c(Cl)cccc1C(=O)c1ccccc1. The molecular formula is C26H18ClN3O3. The first-order chi connectivity index (χ1) is 16.0. The number of amides is 2. The lowest BCUT2D eigenvalue weighted by Gasteiger charge is -2.19. The number of ketones is 1. The van der Waals surface area contributed by atoms with E-state index in [1.165, 1.54) is 4.90 Å². The predicted octanol–water partition coefficient (Wildman–Crippen LogP) is 4.86.